The fraction of sp³-hybridized carbons (Fsp3) is 0.929. The summed E-state index contributed by atoms with van der Waals surface area (Å²) in [4.78, 5) is 11.6. The van der Waals surface area contributed by atoms with Crippen molar-refractivity contribution in [1.82, 2.24) is 0 Å². The molecule has 0 aromatic carbocycles. The molecule has 1 saturated carbocycles. The highest BCUT2D eigenvalue weighted by molar-refractivity contribution is 5.74. The number of hydrogen-bond acceptors (Lipinski definition) is 2. The average Bonchev–Trinajstić information content (AvgIpc) is 2.26. The van der Waals surface area contributed by atoms with Gasteiger partial charge in [-0.1, -0.05) is 44.9 Å². The van der Waals surface area contributed by atoms with E-state index in [1.807, 2.05) is 0 Å². The van der Waals surface area contributed by atoms with Gasteiger partial charge in [0.05, 0.1) is 5.41 Å². The lowest BCUT2D eigenvalue weighted by molar-refractivity contribution is -0.151. The van der Waals surface area contributed by atoms with E-state index >= 15 is 0 Å². The van der Waals surface area contributed by atoms with Crippen LogP contribution in [0.1, 0.15) is 70.6 Å². The monoisotopic (exact) mass is 242 g/mol. The van der Waals surface area contributed by atoms with Crippen molar-refractivity contribution in [2.45, 2.75) is 70.6 Å². The zero-order valence-corrected chi connectivity index (χ0v) is 10.8. The molecule has 0 saturated heterocycles. The quantitative estimate of drug-likeness (QED) is 0.702. The summed E-state index contributed by atoms with van der Waals surface area (Å²) in [5.74, 6) is -0.594. The molecular formula is C14H26O3. The van der Waals surface area contributed by atoms with Crippen LogP contribution in [0, 0.1) is 5.41 Å². The smallest absolute Gasteiger partial charge is 0.309 e. The lowest BCUT2D eigenvalue weighted by atomic mass is 9.73. The van der Waals surface area contributed by atoms with Gasteiger partial charge in [-0.25, -0.2) is 0 Å². The minimum atomic E-state index is -0.594. The van der Waals surface area contributed by atoms with E-state index in [4.69, 9.17) is 5.11 Å². The molecule has 0 aromatic rings. The van der Waals surface area contributed by atoms with Crippen molar-refractivity contribution in [2.24, 2.45) is 5.41 Å². The van der Waals surface area contributed by atoms with E-state index in [0.717, 1.165) is 51.4 Å². The van der Waals surface area contributed by atoms with Gasteiger partial charge in [-0.3, -0.25) is 4.79 Å². The van der Waals surface area contributed by atoms with Crippen molar-refractivity contribution in [3.8, 4) is 0 Å². The largest absolute Gasteiger partial charge is 0.481 e. The van der Waals surface area contributed by atoms with Gasteiger partial charge in [0.25, 0.3) is 0 Å². The van der Waals surface area contributed by atoms with E-state index in [1.165, 1.54) is 19.3 Å². The van der Waals surface area contributed by atoms with Crippen LogP contribution in [0.5, 0.6) is 0 Å². The Bertz CT molecular complexity index is 218. The third kappa shape index (κ3) is 4.66. The molecule has 0 spiro atoms. The fourth-order valence-corrected chi connectivity index (χ4v) is 2.90. The van der Waals surface area contributed by atoms with Crippen molar-refractivity contribution < 1.29 is 15.0 Å². The van der Waals surface area contributed by atoms with Gasteiger partial charge in [-0.2, -0.15) is 0 Å². The SMILES string of the molecule is O=C(O)C1(CCCCCO)CCCCCCC1. The molecule has 1 aliphatic rings. The number of rotatable bonds is 6. The first kappa shape index (κ1) is 14.5. The zero-order valence-electron chi connectivity index (χ0n) is 10.8. The summed E-state index contributed by atoms with van der Waals surface area (Å²) in [6.07, 6.45) is 10.9. The number of hydrogen-bond donors (Lipinski definition) is 2. The van der Waals surface area contributed by atoms with E-state index < -0.39 is 11.4 Å². The number of carboxylic acids is 1. The van der Waals surface area contributed by atoms with Crippen molar-refractivity contribution in [2.75, 3.05) is 6.61 Å². The van der Waals surface area contributed by atoms with Crippen LogP contribution < -0.4 is 0 Å². The third-order valence-corrected chi connectivity index (χ3v) is 4.08. The van der Waals surface area contributed by atoms with Gasteiger partial charge in [-0.05, 0) is 25.7 Å². The fourth-order valence-electron chi connectivity index (χ4n) is 2.90. The number of carbonyl (C=O) groups is 1. The number of aliphatic hydroxyl groups excluding tert-OH is 1. The van der Waals surface area contributed by atoms with Gasteiger partial charge in [0.15, 0.2) is 0 Å². The highest BCUT2D eigenvalue weighted by atomic mass is 16.4. The molecule has 3 nitrogen and oxygen atoms in total. The molecule has 0 heterocycles. The Kier molecular flexibility index (Phi) is 6.56. The Hall–Kier alpha value is -0.570. The van der Waals surface area contributed by atoms with E-state index in [1.54, 1.807) is 0 Å². The van der Waals surface area contributed by atoms with Crippen LogP contribution in [0.3, 0.4) is 0 Å². The Morgan fingerprint density at radius 1 is 0.941 bits per heavy atom. The summed E-state index contributed by atoms with van der Waals surface area (Å²) in [5.41, 5.74) is -0.462. The van der Waals surface area contributed by atoms with Gasteiger partial charge in [0.1, 0.15) is 0 Å². The zero-order chi connectivity index (χ0) is 12.6. The van der Waals surface area contributed by atoms with Crippen molar-refractivity contribution >= 4 is 5.97 Å². The molecule has 1 fully saturated rings. The van der Waals surface area contributed by atoms with Crippen LogP contribution in [-0.2, 0) is 4.79 Å². The molecule has 0 aromatic heterocycles. The van der Waals surface area contributed by atoms with E-state index in [2.05, 4.69) is 0 Å². The summed E-state index contributed by atoms with van der Waals surface area (Å²) >= 11 is 0. The molecule has 3 heteroatoms. The molecule has 1 rings (SSSR count). The predicted octanol–water partition coefficient (Wildman–Crippen LogP) is 3.35. The molecule has 2 N–H and O–H groups in total. The number of unbranched alkanes of at least 4 members (excludes halogenated alkanes) is 2. The second-order valence-electron chi connectivity index (χ2n) is 5.39. The summed E-state index contributed by atoms with van der Waals surface area (Å²) in [7, 11) is 0. The number of aliphatic carboxylic acids is 1. The Morgan fingerprint density at radius 3 is 2.06 bits per heavy atom. The van der Waals surface area contributed by atoms with E-state index in [0.29, 0.717) is 0 Å². The van der Waals surface area contributed by atoms with Gasteiger partial charge < -0.3 is 10.2 Å². The van der Waals surface area contributed by atoms with Crippen molar-refractivity contribution in [3.63, 3.8) is 0 Å². The van der Waals surface area contributed by atoms with Crippen LogP contribution in [0.2, 0.25) is 0 Å². The number of aliphatic hydroxyl groups is 1. The molecule has 0 radical (unpaired) electrons. The molecule has 0 amide bonds. The summed E-state index contributed by atoms with van der Waals surface area (Å²) < 4.78 is 0. The maximum Gasteiger partial charge on any atom is 0.309 e. The van der Waals surface area contributed by atoms with Crippen LogP contribution in [0.4, 0.5) is 0 Å². The summed E-state index contributed by atoms with van der Waals surface area (Å²) in [6, 6.07) is 0. The highest BCUT2D eigenvalue weighted by Crippen LogP contribution is 2.39. The van der Waals surface area contributed by atoms with Gasteiger partial charge in [0.2, 0.25) is 0 Å². The molecule has 17 heavy (non-hydrogen) atoms. The first-order chi connectivity index (χ1) is 8.21. The molecule has 0 bridgehead atoms. The van der Waals surface area contributed by atoms with E-state index in [9.17, 15) is 9.90 Å². The topological polar surface area (TPSA) is 57.5 Å². The van der Waals surface area contributed by atoms with Gasteiger partial charge >= 0.3 is 5.97 Å². The molecule has 0 aliphatic heterocycles. The second kappa shape index (κ2) is 7.70. The first-order valence-electron chi connectivity index (χ1n) is 7.05. The number of carboxylic acid groups (broad SMARTS) is 1. The van der Waals surface area contributed by atoms with Crippen LogP contribution in [-0.4, -0.2) is 22.8 Å². The summed E-state index contributed by atoms with van der Waals surface area (Å²) in [5, 5.41) is 18.3. The Balaban J connectivity index is 2.49. The Morgan fingerprint density at radius 2 is 1.53 bits per heavy atom. The highest BCUT2D eigenvalue weighted by Gasteiger charge is 2.37. The maximum absolute atomic E-state index is 11.6. The molecule has 100 valence electrons. The molecule has 0 unspecified atom stereocenters. The van der Waals surface area contributed by atoms with Gasteiger partial charge in [-0.15, -0.1) is 0 Å². The lowest BCUT2D eigenvalue weighted by Gasteiger charge is -2.31. The molecule has 0 atom stereocenters. The Labute approximate surface area is 104 Å². The van der Waals surface area contributed by atoms with E-state index in [-0.39, 0.29) is 6.61 Å². The van der Waals surface area contributed by atoms with Crippen LogP contribution in [0.25, 0.3) is 0 Å². The van der Waals surface area contributed by atoms with Gasteiger partial charge in [0, 0.05) is 6.61 Å². The minimum Gasteiger partial charge on any atom is -0.481 e. The molecule has 1 aliphatic carbocycles. The first-order valence-corrected chi connectivity index (χ1v) is 7.05. The third-order valence-electron chi connectivity index (χ3n) is 4.08. The van der Waals surface area contributed by atoms with Crippen LogP contribution in [0.15, 0.2) is 0 Å². The second-order valence-corrected chi connectivity index (χ2v) is 5.39. The average molecular weight is 242 g/mol. The molecular weight excluding hydrogens is 216 g/mol. The van der Waals surface area contributed by atoms with Crippen molar-refractivity contribution in [3.05, 3.63) is 0 Å². The lowest BCUT2D eigenvalue weighted by Crippen LogP contribution is -2.32. The van der Waals surface area contributed by atoms with Crippen LogP contribution >= 0.6 is 0 Å². The predicted molar refractivity (Wildman–Crippen MR) is 67.9 cm³/mol. The normalized spacial score (nSPS) is 20.5. The summed E-state index contributed by atoms with van der Waals surface area (Å²) in [6.45, 7) is 0.222. The minimum absolute atomic E-state index is 0.222. The van der Waals surface area contributed by atoms with Crippen molar-refractivity contribution in [1.29, 1.82) is 0 Å². The maximum atomic E-state index is 11.6. The standard InChI is InChI=1S/C14H26O3/c15-12-8-4-7-11-14(13(16)17)9-5-2-1-3-6-10-14/h15H,1-12H2,(H,16,17).